The van der Waals surface area contributed by atoms with Crippen LogP contribution in [0, 0.1) is 12.8 Å². The van der Waals surface area contributed by atoms with Crippen LogP contribution in [0.3, 0.4) is 0 Å². The number of ether oxygens (including phenoxy) is 1. The molecule has 0 radical (unpaired) electrons. The van der Waals surface area contributed by atoms with Gasteiger partial charge in [0.25, 0.3) is 0 Å². The van der Waals surface area contributed by atoms with Gasteiger partial charge in [-0.25, -0.2) is 0 Å². The molecule has 1 fully saturated rings. The van der Waals surface area contributed by atoms with Gasteiger partial charge in [-0.15, -0.1) is 0 Å². The van der Waals surface area contributed by atoms with Crippen molar-refractivity contribution in [3.05, 3.63) is 28.3 Å². The summed E-state index contributed by atoms with van der Waals surface area (Å²) in [5.74, 6) is 1.51. The average molecular weight is 269 g/mol. The predicted octanol–water partition coefficient (Wildman–Crippen LogP) is 2.53. The molecule has 0 aromatic heterocycles. The Morgan fingerprint density at radius 2 is 2.28 bits per heavy atom. The van der Waals surface area contributed by atoms with Crippen LogP contribution in [-0.4, -0.2) is 27.2 Å². The highest BCUT2D eigenvalue weighted by atomic mass is 35.5. The molecular formula is C14H21ClN2O. The van der Waals surface area contributed by atoms with Gasteiger partial charge in [0.1, 0.15) is 5.75 Å². The molecule has 1 aliphatic rings. The molecule has 1 aromatic rings. The van der Waals surface area contributed by atoms with E-state index in [-0.39, 0.29) is 6.04 Å². The first-order valence-electron chi connectivity index (χ1n) is 6.39. The molecule has 0 aliphatic carbocycles. The minimum atomic E-state index is 0.285. The number of benzene rings is 1. The third kappa shape index (κ3) is 2.63. The van der Waals surface area contributed by atoms with E-state index in [4.69, 9.17) is 16.3 Å². The third-order valence-corrected chi connectivity index (χ3v) is 4.13. The van der Waals surface area contributed by atoms with Crippen LogP contribution in [0.25, 0.3) is 0 Å². The smallest absolute Gasteiger partial charge is 0.124 e. The van der Waals surface area contributed by atoms with Crippen molar-refractivity contribution in [1.82, 2.24) is 10.6 Å². The molecule has 0 saturated carbocycles. The van der Waals surface area contributed by atoms with Crippen LogP contribution in [0.2, 0.25) is 5.02 Å². The van der Waals surface area contributed by atoms with Gasteiger partial charge >= 0.3 is 0 Å². The van der Waals surface area contributed by atoms with E-state index in [1.165, 1.54) is 6.42 Å². The molecule has 18 heavy (non-hydrogen) atoms. The SMILES string of the molecule is CNC(c1cc(Cl)c(C)cc1OC)C1CCNC1. The van der Waals surface area contributed by atoms with Gasteiger partial charge in [-0.05, 0) is 57.1 Å². The third-order valence-electron chi connectivity index (χ3n) is 3.73. The van der Waals surface area contributed by atoms with Gasteiger partial charge in [-0.3, -0.25) is 0 Å². The molecule has 2 atom stereocenters. The zero-order chi connectivity index (χ0) is 13.1. The van der Waals surface area contributed by atoms with E-state index < -0.39 is 0 Å². The largest absolute Gasteiger partial charge is 0.496 e. The van der Waals surface area contributed by atoms with E-state index in [0.717, 1.165) is 35.0 Å². The summed E-state index contributed by atoms with van der Waals surface area (Å²) in [6.07, 6.45) is 1.18. The fourth-order valence-electron chi connectivity index (χ4n) is 2.70. The Hall–Kier alpha value is -0.770. The van der Waals surface area contributed by atoms with Crippen LogP contribution in [0.1, 0.15) is 23.6 Å². The highest BCUT2D eigenvalue weighted by Crippen LogP contribution is 2.36. The first-order valence-corrected chi connectivity index (χ1v) is 6.77. The van der Waals surface area contributed by atoms with Gasteiger partial charge in [0.05, 0.1) is 7.11 Å². The zero-order valence-corrected chi connectivity index (χ0v) is 12.0. The molecule has 4 heteroatoms. The van der Waals surface area contributed by atoms with Crippen molar-refractivity contribution >= 4 is 11.6 Å². The maximum Gasteiger partial charge on any atom is 0.124 e. The van der Waals surface area contributed by atoms with Crippen LogP contribution >= 0.6 is 11.6 Å². The molecular weight excluding hydrogens is 248 g/mol. The first-order chi connectivity index (χ1) is 8.67. The Balaban J connectivity index is 2.37. The van der Waals surface area contributed by atoms with Gasteiger partial charge in [0.2, 0.25) is 0 Å². The molecule has 1 aromatic carbocycles. The Kier molecular flexibility index (Phi) is 4.49. The van der Waals surface area contributed by atoms with Crippen molar-refractivity contribution in [3.63, 3.8) is 0 Å². The topological polar surface area (TPSA) is 33.3 Å². The molecule has 1 saturated heterocycles. The quantitative estimate of drug-likeness (QED) is 0.880. The maximum atomic E-state index is 6.25. The summed E-state index contributed by atoms with van der Waals surface area (Å²) in [6, 6.07) is 4.34. The van der Waals surface area contributed by atoms with Crippen molar-refractivity contribution < 1.29 is 4.74 Å². The minimum Gasteiger partial charge on any atom is -0.496 e. The van der Waals surface area contributed by atoms with E-state index >= 15 is 0 Å². The second-order valence-corrected chi connectivity index (χ2v) is 5.27. The fourth-order valence-corrected chi connectivity index (χ4v) is 2.87. The molecule has 2 rings (SSSR count). The van der Waals surface area contributed by atoms with Gasteiger partial charge < -0.3 is 15.4 Å². The standard InChI is InChI=1S/C14H21ClN2O/c1-9-6-13(18-3)11(7-12(9)15)14(16-2)10-4-5-17-8-10/h6-7,10,14,16-17H,4-5,8H2,1-3H3. The summed E-state index contributed by atoms with van der Waals surface area (Å²) in [5.41, 5.74) is 2.21. The normalized spacial score (nSPS) is 21.0. The number of hydrogen-bond donors (Lipinski definition) is 2. The second-order valence-electron chi connectivity index (χ2n) is 4.86. The van der Waals surface area contributed by atoms with Crippen LogP contribution in [0.5, 0.6) is 5.75 Å². The number of methoxy groups -OCH3 is 1. The highest BCUT2D eigenvalue weighted by molar-refractivity contribution is 6.31. The summed E-state index contributed by atoms with van der Waals surface area (Å²) < 4.78 is 5.50. The summed E-state index contributed by atoms with van der Waals surface area (Å²) in [5, 5.41) is 7.61. The average Bonchev–Trinajstić information content (AvgIpc) is 2.88. The Labute approximate surface area is 114 Å². The number of nitrogens with one attached hydrogen (secondary N) is 2. The fraction of sp³-hybridized carbons (Fsp3) is 0.571. The maximum absolute atomic E-state index is 6.25. The van der Waals surface area contributed by atoms with Gasteiger partial charge in [-0.1, -0.05) is 11.6 Å². The van der Waals surface area contributed by atoms with E-state index in [1.807, 2.05) is 26.1 Å². The highest BCUT2D eigenvalue weighted by Gasteiger charge is 2.27. The zero-order valence-electron chi connectivity index (χ0n) is 11.2. The Bertz CT molecular complexity index is 417. The van der Waals surface area contributed by atoms with Crippen LogP contribution in [-0.2, 0) is 0 Å². The molecule has 2 unspecified atom stereocenters. The summed E-state index contributed by atoms with van der Waals surface area (Å²) in [4.78, 5) is 0. The Morgan fingerprint density at radius 3 is 2.83 bits per heavy atom. The van der Waals surface area contributed by atoms with E-state index in [1.54, 1.807) is 7.11 Å². The van der Waals surface area contributed by atoms with Crippen molar-refractivity contribution in [1.29, 1.82) is 0 Å². The number of aryl methyl sites for hydroxylation is 1. The molecule has 0 bridgehead atoms. The van der Waals surface area contributed by atoms with E-state index in [9.17, 15) is 0 Å². The van der Waals surface area contributed by atoms with Crippen molar-refractivity contribution in [2.24, 2.45) is 5.92 Å². The molecule has 100 valence electrons. The van der Waals surface area contributed by atoms with E-state index in [0.29, 0.717) is 5.92 Å². The number of rotatable bonds is 4. The first kappa shape index (κ1) is 13.7. The van der Waals surface area contributed by atoms with Crippen LogP contribution in [0.15, 0.2) is 12.1 Å². The van der Waals surface area contributed by atoms with Crippen molar-refractivity contribution in [2.45, 2.75) is 19.4 Å². The lowest BCUT2D eigenvalue weighted by Crippen LogP contribution is -2.27. The van der Waals surface area contributed by atoms with E-state index in [2.05, 4.69) is 10.6 Å². The number of halogens is 1. The van der Waals surface area contributed by atoms with Gasteiger partial charge in [0.15, 0.2) is 0 Å². The van der Waals surface area contributed by atoms with Crippen LogP contribution in [0.4, 0.5) is 0 Å². The molecule has 0 amide bonds. The predicted molar refractivity (Wildman–Crippen MR) is 75.5 cm³/mol. The molecule has 1 heterocycles. The van der Waals surface area contributed by atoms with Gasteiger partial charge in [0, 0.05) is 16.6 Å². The monoisotopic (exact) mass is 268 g/mol. The molecule has 3 nitrogen and oxygen atoms in total. The molecule has 1 aliphatic heterocycles. The summed E-state index contributed by atoms with van der Waals surface area (Å²) >= 11 is 6.25. The second kappa shape index (κ2) is 5.91. The lowest BCUT2D eigenvalue weighted by Gasteiger charge is -2.25. The van der Waals surface area contributed by atoms with Crippen LogP contribution < -0.4 is 15.4 Å². The minimum absolute atomic E-state index is 0.285. The Morgan fingerprint density at radius 1 is 1.50 bits per heavy atom. The lowest BCUT2D eigenvalue weighted by atomic mass is 9.91. The number of hydrogen-bond acceptors (Lipinski definition) is 3. The van der Waals surface area contributed by atoms with Crippen molar-refractivity contribution in [2.75, 3.05) is 27.2 Å². The van der Waals surface area contributed by atoms with Crippen molar-refractivity contribution in [3.8, 4) is 5.75 Å². The lowest BCUT2D eigenvalue weighted by molar-refractivity contribution is 0.369. The van der Waals surface area contributed by atoms with Gasteiger partial charge in [-0.2, -0.15) is 0 Å². The molecule has 0 spiro atoms. The summed E-state index contributed by atoms with van der Waals surface area (Å²) in [7, 11) is 3.71. The summed E-state index contributed by atoms with van der Waals surface area (Å²) in [6.45, 7) is 4.13. The molecule has 2 N–H and O–H groups in total.